The van der Waals surface area contributed by atoms with Crippen molar-refractivity contribution in [2.45, 2.75) is 52.1 Å². The lowest BCUT2D eigenvalue weighted by molar-refractivity contribution is -0.623. The standard InChI is InChI=1S/C17H24N2OPS/c1-6-14-19(18)16-15(22-14)17(4,5)12-9-7-8-10-13(12)21(16,20)11(2)3/h7-11H,6,18H2,1-5H3/q+1. The van der Waals surface area contributed by atoms with Crippen LogP contribution in [-0.2, 0) is 16.4 Å². The molecule has 0 spiro atoms. The Labute approximate surface area is 136 Å². The highest BCUT2D eigenvalue weighted by atomic mass is 32.1. The zero-order valence-electron chi connectivity index (χ0n) is 13.9. The van der Waals surface area contributed by atoms with Crippen LogP contribution in [-0.4, -0.2) is 5.66 Å². The van der Waals surface area contributed by atoms with Crippen LogP contribution in [0.1, 0.15) is 50.1 Å². The Morgan fingerprint density at radius 1 is 1.32 bits per heavy atom. The van der Waals surface area contributed by atoms with Gasteiger partial charge in [-0.1, -0.05) is 74.9 Å². The smallest absolute Gasteiger partial charge is 0.287 e. The maximum Gasteiger partial charge on any atom is 0.287 e. The zero-order chi connectivity index (χ0) is 16.3. The summed E-state index contributed by atoms with van der Waals surface area (Å²) in [5, 5.41) is 2.08. The molecule has 5 heteroatoms. The third kappa shape index (κ3) is 1.80. The minimum absolute atomic E-state index is 0.0395. The molecule has 0 bridgehead atoms. The molecule has 1 aliphatic heterocycles. The average Bonchev–Trinajstić information content (AvgIpc) is 2.83. The summed E-state index contributed by atoms with van der Waals surface area (Å²) < 4.78 is 15.8. The molecule has 1 aromatic heterocycles. The molecule has 2 N–H and O–H groups in total. The van der Waals surface area contributed by atoms with E-state index in [1.165, 1.54) is 10.4 Å². The molecular formula is C17H24N2OPS+. The predicted molar refractivity (Wildman–Crippen MR) is 94.6 cm³/mol. The molecule has 0 saturated carbocycles. The van der Waals surface area contributed by atoms with Gasteiger partial charge in [-0.05, 0) is 5.56 Å². The Morgan fingerprint density at radius 2 is 1.95 bits per heavy atom. The molecule has 1 aromatic carbocycles. The Morgan fingerprint density at radius 3 is 2.55 bits per heavy atom. The van der Waals surface area contributed by atoms with Crippen LogP contribution >= 0.6 is 18.5 Å². The van der Waals surface area contributed by atoms with Gasteiger partial charge in [-0.15, -0.1) is 0 Å². The first-order chi connectivity index (χ1) is 10.3. The molecule has 1 aliphatic rings. The minimum Gasteiger partial charge on any atom is -0.307 e. The van der Waals surface area contributed by atoms with Crippen molar-refractivity contribution in [3.63, 3.8) is 0 Å². The largest absolute Gasteiger partial charge is 0.307 e. The summed E-state index contributed by atoms with van der Waals surface area (Å²) in [6, 6.07) is 8.19. The van der Waals surface area contributed by atoms with Crippen LogP contribution in [0.15, 0.2) is 24.3 Å². The van der Waals surface area contributed by atoms with Crippen LogP contribution in [0.4, 0.5) is 0 Å². The summed E-state index contributed by atoms with van der Waals surface area (Å²) in [4.78, 5) is 1.17. The van der Waals surface area contributed by atoms with Crippen molar-refractivity contribution in [3.8, 4) is 0 Å². The molecule has 0 aliphatic carbocycles. The molecule has 2 heterocycles. The Bertz CT molecular complexity index is 792. The van der Waals surface area contributed by atoms with Gasteiger partial charge >= 0.3 is 0 Å². The Hall–Kier alpha value is -1.12. The van der Waals surface area contributed by atoms with Crippen LogP contribution in [0.2, 0.25) is 0 Å². The van der Waals surface area contributed by atoms with Crippen molar-refractivity contribution in [1.29, 1.82) is 0 Å². The summed E-state index contributed by atoms with van der Waals surface area (Å²) in [5.74, 6) is 6.38. The van der Waals surface area contributed by atoms with E-state index in [-0.39, 0.29) is 11.1 Å². The highest BCUT2D eigenvalue weighted by Crippen LogP contribution is 2.56. The number of aromatic nitrogens is 1. The second kappa shape index (κ2) is 4.94. The van der Waals surface area contributed by atoms with Gasteiger partial charge in [0.05, 0.1) is 4.88 Å². The van der Waals surface area contributed by atoms with Gasteiger partial charge in [0.2, 0.25) is 7.14 Å². The number of benzene rings is 1. The molecule has 0 saturated heterocycles. The van der Waals surface area contributed by atoms with Crippen molar-refractivity contribution in [1.82, 2.24) is 0 Å². The summed E-state index contributed by atoms with van der Waals surface area (Å²) >= 11 is 1.72. The van der Waals surface area contributed by atoms with Crippen molar-refractivity contribution in [2.24, 2.45) is 0 Å². The van der Waals surface area contributed by atoms with Crippen LogP contribution in [0.25, 0.3) is 0 Å². The lowest BCUT2D eigenvalue weighted by atomic mass is 9.83. The van der Waals surface area contributed by atoms with Crippen LogP contribution in [0, 0.1) is 0 Å². The van der Waals surface area contributed by atoms with E-state index in [1.807, 2.05) is 32.0 Å². The fourth-order valence-electron chi connectivity index (χ4n) is 3.45. The van der Waals surface area contributed by atoms with E-state index in [4.69, 9.17) is 5.84 Å². The maximum atomic E-state index is 14.1. The number of nitrogens with two attached hydrogens (primary N) is 1. The van der Waals surface area contributed by atoms with Gasteiger partial charge < -0.3 is 4.57 Å². The topological polar surface area (TPSA) is 47.0 Å². The van der Waals surface area contributed by atoms with Crippen molar-refractivity contribution < 1.29 is 9.24 Å². The summed E-state index contributed by atoms with van der Waals surface area (Å²) in [6.07, 6.45) is 0.860. The molecule has 1 unspecified atom stereocenters. The van der Waals surface area contributed by atoms with Gasteiger partial charge in [-0.25, -0.2) is 5.84 Å². The summed E-state index contributed by atoms with van der Waals surface area (Å²) in [7, 11) is -2.73. The van der Waals surface area contributed by atoms with Gasteiger partial charge in [0.15, 0.2) is 0 Å². The third-order valence-corrected chi connectivity index (χ3v) is 10.2. The van der Waals surface area contributed by atoms with Crippen molar-refractivity contribution >= 4 is 29.2 Å². The number of nitrogens with zero attached hydrogens (tertiary/aromatic N) is 1. The molecule has 3 rings (SSSR count). The number of rotatable bonds is 2. The molecule has 0 amide bonds. The lowest BCUT2D eigenvalue weighted by Crippen LogP contribution is -2.61. The van der Waals surface area contributed by atoms with E-state index in [9.17, 15) is 4.57 Å². The van der Waals surface area contributed by atoms with E-state index < -0.39 is 7.14 Å². The Balaban J connectivity index is 2.48. The highest BCUT2D eigenvalue weighted by Gasteiger charge is 2.54. The van der Waals surface area contributed by atoms with E-state index in [0.29, 0.717) is 0 Å². The van der Waals surface area contributed by atoms with Crippen molar-refractivity contribution in [3.05, 3.63) is 39.7 Å². The van der Waals surface area contributed by atoms with Gasteiger partial charge in [-0.3, -0.25) is 0 Å². The normalized spacial score (nSPS) is 22.5. The number of hydrogen-bond donors (Lipinski definition) is 1. The number of thiazole rings is 1. The molecule has 0 radical (unpaired) electrons. The lowest BCUT2D eigenvalue weighted by Gasteiger charge is -2.35. The van der Waals surface area contributed by atoms with Gasteiger partial charge in [0.1, 0.15) is 0 Å². The number of nitrogen functional groups attached to an aromatic ring is 1. The molecule has 1 atom stereocenters. The second-order valence-corrected chi connectivity index (χ2v) is 11.1. The second-order valence-electron chi connectivity index (χ2n) is 6.77. The summed E-state index contributed by atoms with van der Waals surface area (Å²) in [5.41, 5.74) is 1.93. The predicted octanol–water partition coefficient (Wildman–Crippen LogP) is 2.67. The molecular weight excluding hydrogens is 311 g/mol. The molecule has 0 fully saturated rings. The molecule has 3 nitrogen and oxygen atoms in total. The first-order valence-electron chi connectivity index (χ1n) is 7.79. The fourth-order valence-corrected chi connectivity index (χ4v) is 8.50. The van der Waals surface area contributed by atoms with Crippen molar-refractivity contribution in [2.75, 3.05) is 5.84 Å². The Kier molecular flexibility index (Phi) is 3.54. The molecule has 118 valence electrons. The van der Waals surface area contributed by atoms with E-state index in [2.05, 4.69) is 26.8 Å². The average molecular weight is 335 g/mol. The minimum atomic E-state index is -2.73. The first-order valence-corrected chi connectivity index (χ1v) is 10.4. The van der Waals surface area contributed by atoms with Crippen LogP contribution < -0.4 is 21.3 Å². The van der Waals surface area contributed by atoms with Gasteiger partial charge in [-0.2, -0.15) is 0 Å². The first kappa shape index (κ1) is 15.8. The SMILES string of the molecule is CCc1sc2c([n+]1N)P(=O)(C(C)C)c1ccccc1C2(C)C. The maximum absolute atomic E-state index is 14.1. The van der Waals surface area contributed by atoms with Gasteiger partial charge in [0.25, 0.3) is 10.4 Å². The fraction of sp³-hybridized carbons (Fsp3) is 0.471. The number of hydrogen-bond acceptors (Lipinski definition) is 3. The monoisotopic (exact) mass is 335 g/mol. The van der Waals surface area contributed by atoms with E-state index in [0.717, 1.165) is 22.2 Å². The van der Waals surface area contributed by atoms with E-state index >= 15 is 0 Å². The third-order valence-electron chi connectivity index (χ3n) is 4.77. The van der Waals surface area contributed by atoms with Crippen LogP contribution in [0.3, 0.4) is 0 Å². The summed E-state index contributed by atoms with van der Waals surface area (Å²) in [6.45, 7) is 10.6. The number of aryl methyl sites for hydroxylation is 1. The zero-order valence-corrected chi connectivity index (χ0v) is 15.6. The molecule has 2 aromatic rings. The highest BCUT2D eigenvalue weighted by molar-refractivity contribution is 7.79. The number of fused-ring (bicyclic) bond motifs is 2. The molecule has 22 heavy (non-hydrogen) atoms. The van der Waals surface area contributed by atoms with Crippen LogP contribution in [0.5, 0.6) is 0 Å². The quantitative estimate of drug-likeness (QED) is 0.521. The van der Waals surface area contributed by atoms with E-state index in [1.54, 1.807) is 16.0 Å². The van der Waals surface area contributed by atoms with Gasteiger partial charge in [0, 0.05) is 22.8 Å².